The van der Waals surface area contributed by atoms with Crippen molar-refractivity contribution in [1.82, 2.24) is 4.90 Å². The SMILES string of the molecule is CC(C)=CCN1CCC2(CC1)CN(C(=O)Cc1cccs1)c1ccc(C)cc12. The largest absolute Gasteiger partial charge is 0.311 e. The molecule has 0 unspecified atom stereocenters. The van der Waals surface area contributed by atoms with Gasteiger partial charge in [-0.3, -0.25) is 9.69 Å². The van der Waals surface area contributed by atoms with E-state index >= 15 is 0 Å². The number of hydrogen-bond donors (Lipinski definition) is 0. The number of carbonyl (C=O) groups excluding carboxylic acids is 1. The first-order valence-electron chi connectivity index (χ1n) is 10.3. The van der Waals surface area contributed by atoms with E-state index in [4.69, 9.17) is 0 Å². The van der Waals surface area contributed by atoms with Crippen LogP contribution in [0, 0.1) is 6.92 Å². The van der Waals surface area contributed by atoms with Gasteiger partial charge in [0.25, 0.3) is 0 Å². The summed E-state index contributed by atoms with van der Waals surface area (Å²) >= 11 is 1.67. The molecule has 1 fully saturated rings. The number of benzene rings is 1. The van der Waals surface area contributed by atoms with E-state index in [0.717, 1.165) is 49.6 Å². The van der Waals surface area contributed by atoms with Gasteiger partial charge in [0.15, 0.2) is 0 Å². The van der Waals surface area contributed by atoms with Crippen LogP contribution in [0.15, 0.2) is 47.4 Å². The maximum atomic E-state index is 13.1. The van der Waals surface area contributed by atoms with Crippen LogP contribution in [0.1, 0.15) is 42.7 Å². The van der Waals surface area contributed by atoms with Gasteiger partial charge in [0.2, 0.25) is 5.91 Å². The van der Waals surface area contributed by atoms with Gasteiger partial charge in [0, 0.05) is 29.1 Å². The summed E-state index contributed by atoms with van der Waals surface area (Å²) in [6, 6.07) is 10.7. The van der Waals surface area contributed by atoms with Crippen molar-refractivity contribution >= 4 is 22.9 Å². The highest BCUT2D eigenvalue weighted by atomic mass is 32.1. The van der Waals surface area contributed by atoms with Gasteiger partial charge < -0.3 is 4.90 Å². The zero-order chi connectivity index (χ0) is 19.7. The predicted molar refractivity (Wildman–Crippen MR) is 118 cm³/mol. The second-order valence-corrected chi connectivity index (χ2v) is 9.65. The van der Waals surface area contributed by atoms with Gasteiger partial charge in [0.05, 0.1) is 6.42 Å². The van der Waals surface area contributed by atoms with Crippen molar-refractivity contribution in [3.05, 3.63) is 63.4 Å². The summed E-state index contributed by atoms with van der Waals surface area (Å²) in [5.41, 5.74) is 5.33. The zero-order valence-electron chi connectivity index (χ0n) is 17.2. The second kappa shape index (κ2) is 7.84. The summed E-state index contributed by atoms with van der Waals surface area (Å²) in [6.07, 6.45) is 5.08. The molecule has 1 spiro atoms. The Morgan fingerprint density at radius 2 is 2.00 bits per heavy atom. The smallest absolute Gasteiger partial charge is 0.232 e. The number of carbonyl (C=O) groups is 1. The summed E-state index contributed by atoms with van der Waals surface area (Å²) in [7, 11) is 0. The maximum Gasteiger partial charge on any atom is 0.232 e. The number of rotatable bonds is 4. The predicted octanol–water partition coefficient (Wildman–Crippen LogP) is 4.95. The fourth-order valence-corrected chi connectivity index (χ4v) is 5.26. The first kappa shape index (κ1) is 19.4. The number of nitrogens with zero attached hydrogens (tertiary/aromatic N) is 2. The quantitative estimate of drug-likeness (QED) is 0.685. The van der Waals surface area contributed by atoms with E-state index in [0.29, 0.717) is 6.42 Å². The lowest BCUT2D eigenvalue weighted by atomic mass is 9.74. The van der Waals surface area contributed by atoms with Crippen molar-refractivity contribution in [1.29, 1.82) is 0 Å². The molecule has 3 heterocycles. The molecule has 2 aliphatic rings. The van der Waals surface area contributed by atoms with Crippen molar-refractivity contribution in [2.45, 2.75) is 45.4 Å². The highest BCUT2D eigenvalue weighted by Crippen LogP contribution is 2.47. The molecular weight excluding hydrogens is 364 g/mol. The van der Waals surface area contributed by atoms with E-state index in [-0.39, 0.29) is 11.3 Å². The van der Waals surface area contributed by atoms with Crippen molar-refractivity contribution in [3.8, 4) is 0 Å². The summed E-state index contributed by atoms with van der Waals surface area (Å²) in [4.78, 5) is 18.9. The Balaban J connectivity index is 1.56. The van der Waals surface area contributed by atoms with Gasteiger partial charge in [-0.05, 0) is 69.8 Å². The van der Waals surface area contributed by atoms with E-state index < -0.39 is 0 Å². The fourth-order valence-electron chi connectivity index (χ4n) is 4.57. The van der Waals surface area contributed by atoms with Gasteiger partial charge in [-0.1, -0.05) is 35.4 Å². The Kier molecular flexibility index (Phi) is 5.44. The Hall–Kier alpha value is -1.91. The van der Waals surface area contributed by atoms with Gasteiger partial charge in [-0.25, -0.2) is 0 Å². The minimum absolute atomic E-state index is 0.119. The van der Waals surface area contributed by atoms with Crippen LogP contribution in [-0.4, -0.2) is 37.0 Å². The third kappa shape index (κ3) is 3.81. The van der Waals surface area contributed by atoms with Gasteiger partial charge in [-0.15, -0.1) is 11.3 Å². The molecule has 4 heteroatoms. The van der Waals surface area contributed by atoms with Crippen LogP contribution in [0.5, 0.6) is 0 Å². The van der Waals surface area contributed by atoms with Crippen LogP contribution in [0.2, 0.25) is 0 Å². The van der Waals surface area contributed by atoms with E-state index in [1.807, 2.05) is 11.4 Å². The van der Waals surface area contributed by atoms with E-state index in [1.54, 1.807) is 11.3 Å². The Morgan fingerprint density at radius 1 is 1.21 bits per heavy atom. The Morgan fingerprint density at radius 3 is 2.68 bits per heavy atom. The van der Waals surface area contributed by atoms with E-state index in [9.17, 15) is 4.79 Å². The molecule has 4 rings (SSSR count). The first-order valence-corrected chi connectivity index (χ1v) is 11.1. The maximum absolute atomic E-state index is 13.1. The second-order valence-electron chi connectivity index (χ2n) is 8.62. The average molecular weight is 395 g/mol. The van der Waals surface area contributed by atoms with Crippen molar-refractivity contribution in [2.24, 2.45) is 0 Å². The Bertz CT molecular complexity index is 872. The summed E-state index contributed by atoms with van der Waals surface area (Å²) < 4.78 is 0. The number of allylic oxidation sites excluding steroid dienone is 1. The molecule has 148 valence electrons. The van der Waals surface area contributed by atoms with Crippen LogP contribution < -0.4 is 4.90 Å². The number of piperidine rings is 1. The van der Waals surface area contributed by atoms with Crippen LogP contribution in [-0.2, 0) is 16.6 Å². The molecule has 1 aromatic heterocycles. The minimum atomic E-state index is 0.119. The summed E-state index contributed by atoms with van der Waals surface area (Å²) in [5, 5.41) is 2.05. The number of amides is 1. The number of likely N-dealkylation sites (tertiary alicyclic amines) is 1. The molecule has 0 saturated carbocycles. The molecule has 1 amide bonds. The van der Waals surface area contributed by atoms with Crippen molar-refractivity contribution in [2.75, 3.05) is 31.1 Å². The first-order chi connectivity index (χ1) is 13.5. The van der Waals surface area contributed by atoms with Crippen molar-refractivity contribution in [3.63, 3.8) is 0 Å². The van der Waals surface area contributed by atoms with E-state index in [1.165, 1.54) is 16.7 Å². The molecule has 0 aliphatic carbocycles. The minimum Gasteiger partial charge on any atom is -0.311 e. The lowest BCUT2D eigenvalue weighted by molar-refractivity contribution is -0.118. The van der Waals surface area contributed by atoms with Crippen LogP contribution in [0.25, 0.3) is 0 Å². The summed E-state index contributed by atoms with van der Waals surface area (Å²) in [5.74, 6) is 0.233. The number of aryl methyl sites for hydroxylation is 1. The lowest BCUT2D eigenvalue weighted by Crippen LogP contribution is -2.46. The van der Waals surface area contributed by atoms with E-state index in [2.05, 4.69) is 60.9 Å². The molecule has 0 bridgehead atoms. The number of anilines is 1. The summed E-state index contributed by atoms with van der Waals surface area (Å²) in [6.45, 7) is 10.6. The van der Waals surface area contributed by atoms with Crippen LogP contribution in [0.3, 0.4) is 0 Å². The molecule has 0 atom stereocenters. The van der Waals surface area contributed by atoms with Gasteiger partial charge >= 0.3 is 0 Å². The third-order valence-corrected chi connectivity index (χ3v) is 7.13. The molecule has 2 aromatic rings. The topological polar surface area (TPSA) is 23.6 Å². The number of hydrogen-bond acceptors (Lipinski definition) is 3. The van der Waals surface area contributed by atoms with Crippen LogP contribution >= 0.6 is 11.3 Å². The number of fused-ring (bicyclic) bond motifs is 2. The van der Waals surface area contributed by atoms with Crippen molar-refractivity contribution < 1.29 is 4.79 Å². The van der Waals surface area contributed by atoms with Gasteiger partial charge in [-0.2, -0.15) is 0 Å². The highest BCUT2D eigenvalue weighted by molar-refractivity contribution is 7.10. The molecular formula is C24H30N2OS. The third-order valence-electron chi connectivity index (χ3n) is 6.25. The molecule has 0 N–H and O–H groups in total. The molecule has 28 heavy (non-hydrogen) atoms. The normalized spacial score (nSPS) is 18.3. The zero-order valence-corrected chi connectivity index (χ0v) is 18.0. The number of thiophene rings is 1. The van der Waals surface area contributed by atoms with Gasteiger partial charge in [0.1, 0.15) is 0 Å². The monoisotopic (exact) mass is 394 g/mol. The average Bonchev–Trinajstić information content (AvgIpc) is 3.28. The molecule has 2 aliphatic heterocycles. The lowest BCUT2D eigenvalue weighted by Gasteiger charge is -2.39. The van der Waals surface area contributed by atoms with Crippen LogP contribution in [0.4, 0.5) is 5.69 Å². The fraction of sp³-hybridized carbons (Fsp3) is 0.458. The standard InChI is InChI=1S/C24H30N2OS/c1-18(2)8-11-25-12-9-24(10-13-25)17-26(22-7-6-19(3)15-21(22)24)23(27)16-20-5-4-14-28-20/h4-8,14-15H,9-13,16-17H2,1-3H3. The highest BCUT2D eigenvalue weighted by Gasteiger charge is 2.46. The Labute approximate surface area is 172 Å². The molecule has 1 aromatic carbocycles. The molecule has 3 nitrogen and oxygen atoms in total. The molecule has 1 saturated heterocycles. The molecule has 0 radical (unpaired) electrons.